The molecule has 0 saturated carbocycles. The Kier molecular flexibility index (Phi) is 22.2. The van der Waals surface area contributed by atoms with Crippen LogP contribution in [0.25, 0.3) is 10.8 Å². The number of ether oxygens (including phenoxy) is 1. The zero-order valence-electron chi connectivity index (χ0n) is 40.4. The van der Waals surface area contributed by atoms with Gasteiger partial charge >= 0.3 is 12.1 Å². The van der Waals surface area contributed by atoms with E-state index in [1.807, 2.05) is 80.6 Å². The average Bonchev–Trinajstić information content (AvgIpc) is 3.36. The third-order valence-corrected chi connectivity index (χ3v) is 10.8. The number of benzene rings is 5. The van der Waals surface area contributed by atoms with Crippen LogP contribution in [0.1, 0.15) is 54.6 Å². The molecule has 6 amide bonds. The van der Waals surface area contributed by atoms with Gasteiger partial charge in [0.05, 0.1) is 13.7 Å². The molecule has 388 valence electrons. The van der Waals surface area contributed by atoms with Crippen LogP contribution >= 0.6 is 0 Å². The van der Waals surface area contributed by atoms with Crippen LogP contribution in [-0.2, 0) is 41.6 Å². The molecule has 0 saturated heterocycles. The number of hydrogen-bond acceptors (Lipinski definition) is 9. The van der Waals surface area contributed by atoms with Gasteiger partial charge in [-0.25, -0.2) is 4.79 Å². The summed E-state index contributed by atoms with van der Waals surface area (Å²) in [5.74, 6) is -5.85. The lowest BCUT2D eigenvalue weighted by molar-refractivity contribution is -0.192. The van der Waals surface area contributed by atoms with Crippen molar-refractivity contribution >= 4 is 63.8 Å². The summed E-state index contributed by atoms with van der Waals surface area (Å²) in [5, 5.41) is 25.6. The fourth-order valence-corrected chi connectivity index (χ4v) is 7.25. The summed E-state index contributed by atoms with van der Waals surface area (Å²) in [4.78, 5) is 95.5. The van der Waals surface area contributed by atoms with Gasteiger partial charge in [0, 0.05) is 42.1 Å². The van der Waals surface area contributed by atoms with Gasteiger partial charge in [-0.3, -0.25) is 33.8 Å². The van der Waals surface area contributed by atoms with Gasteiger partial charge in [0.25, 0.3) is 5.91 Å². The summed E-state index contributed by atoms with van der Waals surface area (Å²) >= 11 is 0. The van der Waals surface area contributed by atoms with E-state index in [4.69, 9.17) is 26.1 Å². The van der Waals surface area contributed by atoms with E-state index < -0.39 is 78.3 Å². The number of hydrogen-bond donors (Lipinski definition) is 9. The van der Waals surface area contributed by atoms with Crippen LogP contribution in [0.3, 0.4) is 0 Å². The quantitative estimate of drug-likeness (QED) is 0.0252. The van der Waals surface area contributed by atoms with Crippen molar-refractivity contribution < 1.29 is 56.6 Å². The minimum absolute atomic E-state index is 0.000383. The van der Waals surface area contributed by atoms with Crippen molar-refractivity contribution in [1.82, 2.24) is 26.6 Å². The van der Waals surface area contributed by atoms with Crippen LogP contribution in [0.4, 0.5) is 18.9 Å². The number of alkyl halides is 3. The smallest absolute Gasteiger partial charge is 0.490 e. The van der Waals surface area contributed by atoms with E-state index in [0.29, 0.717) is 29.8 Å². The monoisotopic (exact) mass is 1010 g/mol. The highest BCUT2D eigenvalue weighted by molar-refractivity contribution is 6.02. The van der Waals surface area contributed by atoms with E-state index in [2.05, 4.69) is 36.9 Å². The van der Waals surface area contributed by atoms with Crippen LogP contribution < -0.4 is 48.1 Å². The molecule has 73 heavy (non-hydrogen) atoms. The Morgan fingerprint density at radius 2 is 1.18 bits per heavy atom. The Labute approximate surface area is 419 Å². The number of anilines is 1. The van der Waals surface area contributed by atoms with Gasteiger partial charge in [-0.2, -0.15) is 13.2 Å². The third kappa shape index (κ3) is 19.7. The molecule has 0 spiro atoms. The SMILES string of the molecule is COc1cc(NC(=O)[C@H](CC(C)C)NC(=O)[C@H](Cc2ccccc2)NC(=O)[C@H](Cc2ccccc2)NC(=O)CNC(=O)[C@H](CCCN=C(N)N)NC(=O)c2ccccc2)cc2ccccc12.O=C(O)C(F)(F)F. The van der Waals surface area contributed by atoms with E-state index in [-0.39, 0.29) is 37.7 Å². The minimum atomic E-state index is -5.08. The summed E-state index contributed by atoms with van der Waals surface area (Å²) in [5.41, 5.74) is 13.2. The number of fused-ring (bicyclic) bond motifs is 1. The van der Waals surface area contributed by atoms with Gasteiger partial charge in [-0.05, 0) is 59.9 Å². The predicted octanol–water partition coefficient (Wildman–Crippen LogP) is 4.37. The highest BCUT2D eigenvalue weighted by atomic mass is 19.4. The van der Waals surface area contributed by atoms with Gasteiger partial charge in [0.15, 0.2) is 5.96 Å². The van der Waals surface area contributed by atoms with Crippen molar-refractivity contribution in [3.63, 3.8) is 0 Å². The van der Waals surface area contributed by atoms with Gasteiger partial charge in [0.1, 0.15) is 29.9 Å². The largest absolute Gasteiger partial charge is 0.496 e. The normalized spacial score (nSPS) is 12.5. The first-order valence-corrected chi connectivity index (χ1v) is 23.1. The highest BCUT2D eigenvalue weighted by Gasteiger charge is 2.38. The summed E-state index contributed by atoms with van der Waals surface area (Å²) < 4.78 is 37.3. The fraction of sp³-hybridized carbons (Fsp3) is 0.308. The zero-order valence-corrected chi connectivity index (χ0v) is 40.4. The van der Waals surface area contributed by atoms with Gasteiger partial charge in [0.2, 0.25) is 29.5 Å². The first kappa shape index (κ1) is 57.1. The molecule has 18 nitrogen and oxygen atoms in total. The maximum Gasteiger partial charge on any atom is 0.490 e. The summed E-state index contributed by atoms with van der Waals surface area (Å²) in [6.07, 6.45) is -4.18. The molecule has 0 unspecified atom stereocenters. The molecule has 0 aliphatic rings. The number of methoxy groups -OCH3 is 1. The van der Waals surface area contributed by atoms with E-state index in [1.54, 1.807) is 67.8 Å². The van der Waals surface area contributed by atoms with Crippen molar-refractivity contribution in [2.24, 2.45) is 22.4 Å². The van der Waals surface area contributed by atoms with Crippen LogP contribution in [0.15, 0.2) is 132 Å². The number of aliphatic carboxylic acids is 1. The number of nitrogens with two attached hydrogens (primary N) is 2. The third-order valence-electron chi connectivity index (χ3n) is 10.8. The number of carboxylic acids is 1. The zero-order chi connectivity index (χ0) is 53.5. The van der Waals surface area contributed by atoms with E-state index >= 15 is 0 Å². The molecule has 21 heteroatoms. The molecule has 0 aliphatic heterocycles. The fourth-order valence-electron chi connectivity index (χ4n) is 7.25. The molecule has 11 N–H and O–H groups in total. The Bertz CT molecular complexity index is 2670. The second-order valence-electron chi connectivity index (χ2n) is 17.0. The first-order valence-electron chi connectivity index (χ1n) is 23.1. The maximum absolute atomic E-state index is 14.3. The molecule has 5 aromatic rings. The Morgan fingerprint density at radius 1 is 0.658 bits per heavy atom. The Balaban J connectivity index is 0.00000153. The standard InChI is InChI=1S/C50H59N9O7.C2HF3O2/c1-32(2)26-40(47(63)55-37-29-36-22-13-14-23-38(36)43(30-37)66-3)58-49(65)42(28-34-18-9-5-10-19-34)59-48(64)41(27-33-16-7-4-8-17-33)56-44(60)31-54-46(62)39(24-15-25-53-50(51)52)57-45(61)35-20-11-6-12-21-35;3-2(4,5)1(6)7/h4-14,16-23,29-30,32,39-42H,15,24-28,31H2,1-3H3,(H,54,62)(H,55,63)(H,56,60)(H,57,61)(H,58,65)(H,59,64)(H4,51,52,53);(H,6,7)/t39-,40-,41-,42-;/m0./s1. The molecule has 0 radical (unpaired) electrons. The minimum Gasteiger partial charge on any atom is -0.496 e. The van der Waals surface area contributed by atoms with E-state index in [0.717, 1.165) is 21.9 Å². The number of nitrogens with one attached hydrogen (secondary N) is 6. The van der Waals surface area contributed by atoms with Gasteiger partial charge in [-0.1, -0.05) is 117 Å². The van der Waals surface area contributed by atoms with Crippen LogP contribution in [0.2, 0.25) is 0 Å². The number of amides is 6. The molecule has 5 aromatic carbocycles. The van der Waals surface area contributed by atoms with Crippen molar-refractivity contribution in [3.05, 3.63) is 144 Å². The van der Waals surface area contributed by atoms with Gasteiger partial charge < -0.3 is 53.2 Å². The lowest BCUT2D eigenvalue weighted by Gasteiger charge is -2.26. The first-order chi connectivity index (χ1) is 34.7. The van der Waals surface area contributed by atoms with Crippen molar-refractivity contribution in [2.45, 2.75) is 76.3 Å². The topological polar surface area (TPSA) is 286 Å². The van der Waals surface area contributed by atoms with Gasteiger partial charge in [-0.15, -0.1) is 0 Å². The van der Waals surface area contributed by atoms with Crippen molar-refractivity contribution in [1.29, 1.82) is 0 Å². The van der Waals surface area contributed by atoms with Crippen molar-refractivity contribution in [3.8, 4) is 5.75 Å². The predicted molar refractivity (Wildman–Crippen MR) is 269 cm³/mol. The summed E-state index contributed by atoms with van der Waals surface area (Å²) in [6, 6.07) is 33.2. The van der Waals surface area contributed by atoms with Crippen LogP contribution in [0, 0.1) is 5.92 Å². The lowest BCUT2D eigenvalue weighted by Crippen LogP contribution is -2.58. The van der Waals surface area contributed by atoms with Crippen molar-refractivity contribution in [2.75, 3.05) is 25.5 Å². The van der Waals surface area contributed by atoms with E-state index in [1.165, 1.54) is 0 Å². The summed E-state index contributed by atoms with van der Waals surface area (Å²) in [7, 11) is 1.55. The Morgan fingerprint density at radius 3 is 1.71 bits per heavy atom. The molecule has 0 bridgehead atoms. The number of carbonyl (C=O) groups is 7. The molecule has 0 heterocycles. The number of carbonyl (C=O) groups excluding carboxylic acids is 6. The lowest BCUT2D eigenvalue weighted by atomic mass is 10.00. The number of halogens is 3. The number of guanidine groups is 1. The maximum atomic E-state index is 14.3. The molecule has 0 fully saturated rings. The highest BCUT2D eigenvalue weighted by Crippen LogP contribution is 2.30. The molecular formula is C52H60F3N9O9. The second kappa shape index (κ2) is 28.4. The van der Waals surface area contributed by atoms with Crippen LogP contribution in [-0.4, -0.2) is 103 Å². The van der Waals surface area contributed by atoms with Crippen LogP contribution in [0.5, 0.6) is 5.75 Å². The number of aliphatic imine (C=N–C) groups is 1. The molecule has 4 atom stereocenters. The second-order valence-corrected chi connectivity index (χ2v) is 17.0. The summed E-state index contributed by atoms with van der Waals surface area (Å²) in [6.45, 7) is 3.54. The molecule has 0 aromatic heterocycles. The average molecular weight is 1010 g/mol. The molecule has 5 rings (SSSR count). The number of nitrogens with zero attached hydrogens (tertiary/aromatic N) is 1. The number of rotatable bonds is 23. The number of carboxylic acid groups (broad SMARTS) is 1. The van der Waals surface area contributed by atoms with E-state index in [9.17, 15) is 41.9 Å². The molecular weight excluding hydrogens is 952 g/mol. The molecule has 0 aliphatic carbocycles. The Hall–Kier alpha value is -8.49.